The van der Waals surface area contributed by atoms with Crippen molar-refractivity contribution in [3.63, 3.8) is 0 Å². The second-order valence-corrected chi connectivity index (χ2v) is 6.60. The van der Waals surface area contributed by atoms with Crippen LogP contribution in [-0.2, 0) is 5.41 Å². The van der Waals surface area contributed by atoms with E-state index in [4.69, 9.17) is 5.84 Å². The van der Waals surface area contributed by atoms with Crippen molar-refractivity contribution in [1.29, 1.82) is 0 Å². The van der Waals surface area contributed by atoms with E-state index in [9.17, 15) is 0 Å². The number of hydrogen-bond acceptors (Lipinski definition) is 4. The van der Waals surface area contributed by atoms with E-state index in [1.54, 1.807) is 0 Å². The lowest BCUT2D eigenvalue weighted by molar-refractivity contribution is -0.0554. The van der Waals surface area contributed by atoms with Crippen LogP contribution in [0.15, 0.2) is 35.4 Å². The van der Waals surface area contributed by atoms with Crippen molar-refractivity contribution in [2.45, 2.75) is 12.3 Å². The fraction of sp³-hybridized carbons (Fsp3) is 0.533. The lowest BCUT2D eigenvalue weighted by Gasteiger charge is -2.64. The summed E-state index contributed by atoms with van der Waals surface area (Å²) in [6.07, 6.45) is 0. The molecule has 4 aliphatic heterocycles. The summed E-state index contributed by atoms with van der Waals surface area (Å²) in [6, 6.07) is 10.8. The van der Waals surface area contributed by atoms with Gasteiger partial charge >= 0.3 is 0 Å². The molecular weight excluding hydrogens is 236 g/mol. The Morgan fingerprint density at radius 1 is 1.05 bits per heavy atom. The van der Waals surface area contributed by atoms with E-state index in [1.165, 1.54) is 11.3 Å². The normalized spacial score (nSPS) is 45.8. The molecule has 0 radical (unpaired) electrons. The van der Waals surface area contributed by atoms with Gasteiger partial charge in [-0.2, -0.15) is 5.10 Å². The van der Waals surface area contributed by atoms with Gasteiger partial charge in [0.1, 0.15) is 0 Å². The molecule has 0 aromatic heterocycles. The first-order chi connectivity index (χ1) is 9.16. The summed E-state index contributed by atoms with van der Waals surface area (Å²) < 4.78 is 0. The van der Waals surface area contributed by atoms with Crippen molar-refractivity contribution in [3.05, 3.63) is 35.9 Å². The van der Waals surface area contributed by atoms with Gasteiger partial charge in [-0.25, -0.2) is 0 Å². The highest BCUT2D eigenvalue weighted by Gasteiger charge is 2.60. The minimum atomic E-state index is -0.000486. The van der Waals surface area contributed by atoms with Crippen LogP contribution in [0, 0.1) is 5.41 Å². The molecule has 2 atom stereocenters. The van der Waals surface area contributed by atoms with Crippen LogP contribution in [0.4, 0.5) is 0 Å². The van der Waals surface area contributed by atoms with Gasteiger partial charge in [-0.15, -0.1) is 0 Å². The molecule has 0 saturated carbocycles. The highest BCUT2D eigenvalue weighted by atomic mass is 15.4. The molecule has 0 amide bonds. The van der Waals surface area contributed by atoms with Crippen LogP contribution in [0.5, 0.6) is 0 Å². The van der Waals surface area contributed by atoms with Crippen LogP contribution in [0.1, 0.15) is 12.5 Å². The Morgan fingerprint density at radius 3 is 2.26 bits per heavy atom. The maximum atomic E-state index is 5.81. The third kappa shape index (κ3) is 1.38. The molecule has 4 bridgehead atoms. The molecule has 19 heavy (non-hydrogen) atoms. The standard InChI is InChI=1S/C15H20N4/c1-14-7-18-9-15(13(14)17-16,10-19(8-14)11-18)12-5-3-2-4-6-12/h2-6H,7-11,16H2,1H3. The molecule has 4 heteroatoms. The highest BCUT2D eigenvalue weighted by molar-refractivity contribution is 6.01. The number of hydrazone groups is 1. The number of nitrogens with zero attached hydrogens (tertiary/aromatic N) is 3. The maximum Gasteiger partial charge on any atom is 0.0614 e. The van der Waals surface area contributed by atoms with E-state index in [-0.39, 0.29) is 10.8 Å². The van der Waals surface area contributed by atoms with E-state index in [0.717, 1.165) is 32.8 Å². The van der Waals surface area contributed by atoms with Gasteiger partial charge in [0.2, 0.25) is 0 Å². The van der Waals surface area contributed by atoms with Gasteiger partial charge in [0.15, 0.2) is 0 Å². The molecule has 4 saturated heterocycles. The highest BCUT2D eigenvalue weighted by Crippen LogP contribution is 2.48. The Morgan fingerprint density at radius 2 is 1.68 bits per heavy atom. The third-order valence-electron chi connectivity index (χ3n) is 5.01. The first kappa shape index (κ1) is 11.4. The Kier molecular flexibility index (Phi) is 2.16. The zero-order valence-electron chi connectivity index (χ0n) is 11.3. The molecule has 2 unspecified atom stereocenters. The second kappa shape index (κ2) is 3.58. The Labute approximate surface area is 113 Å². The summed E-state index contributed by atoms with van der Waals surface area (Å²) >= 11 is 0. The molecule has 100 valence electrons. The molecule has 4 fully saturated rings. The van der Waals surface area contributed by atoms with Crippen LogP contribution in [-0.4, -0.2) is 48.4 Å². The van der Waals surface area contributed by atoms with E-state index in [1.807, 2.05) is 0 Å². The minimum absolute atomic E-state index is 0.000486. The van der Waals surface area contributed by atoms with E-state index in [0.29, 0.717) is 0 Å². The largest absolute Gasteiger partial charge is 0.323 e. The maximum absolute atomic E-state index is 5.81. The van der Waals surface area contributed by atoms with Crippen molar-refractivity contribution in [2.75, 3.05) is 32.8 Å². The monoisotopic (exact) mass is 256 g/mol. The summed E-state index contributed by atoms with van der Waals surface area (Å²) in [5.74, 6) is 5.81. The molecule has 4 heterocycles. The topological polar surface area (TPSA) is 44.9 Å². The molecular formula is C15H20N4. The first-order valence-corrected chi connectivity index (χ1v) is 6.95. The zero-order chi connectivity index (χ0) is 13.1. The summed E-state index contributed by atoms with van der Waals surface area (Å²) in [7, 11) is 0. The molecule has 1 aromatic rings. The average molecular weight is 256 g/mol. The molecule has 2 N–H and O–H groups in total. The number of rotatable bonds is 1. The number of benzene rings is 1. The minimum Gasteiger partial charge on any atom is -0.323 e. The predicted octanol–water partition coefficient (Wildman–Crippen LogP) is 0.848. The van der Waals surface area contributed by atoms with E-state index in [2.05, 4.69) is 52.2 Å². The molecule has 1 aromatic carbocycles. The lowest BCUT2D eigenvalue weighted by Crippen LogP contribution is -2.77. The average Bonchev–Trinajstić information content (AvgIpc) is 2.38. The van der Waals surface area contributed by atoms with Gasteiger partial charge in [0.05, 0.1) is 17.8 Å². The number of piperidine rings is 2. The van der Waals surface area contributed by atoms with Gasteiger partial charge in [-0.05, 0) is 5.56 Å². The molecule has 0 spiro atoms. The molecule has 4 nitrogen and oxygen atoms in total. The predicted molar refractivity (Wildman–Crippen MR) is 75.9 cm³/mol. The SMILES string of the molecule is CC12CN3CN(C1)CC(c1ccccc1)(C3)C2=NN. The first-order valence-electron chi connectivity index (χ1n) is 6.95. The molecule has 5 rings (SSSR count). The summed E-state index contributed by atoms with van der Waals surface area (Å²) in [4.78, 5) is 5.10. The Balaban J connectivity index is 1.91. The third-order valence-corrected chi connectivity index (χ3v) is 5.01. The molecule has 4 aliphatic rings. The van der Waals surface area contributed by atoms with Crippen LogP contribution in [0.3, 0.4) is 0 Å². The van der Waals surface area contributed by atoms with Crippen molar-refractivity contribution in [2.24, 2.45) is 16.4 Å². The second-order valence-electron chi connectivity index (χ2n) is 6.60. The van der Waals surface area contributed by atoms with Crippen molar-refractivity contribution in [1.82, 2.24) is 9.80 Å². The van der Waals surface area contributed by atoms with Gasteiger partial charge in [-0.1, -0.05) is 37.3 Å². The van der Waals surface area contributed by atoms with Crippen molar-refractivity contribution >= 4 is 5.71 Å². The van der Waals surface area contributed by atoms with Gasteiger partial charge < -0.3 is 5.84 Å². The van der Waals surface area contributed by atoms with Crippen LogP contribution < -0.4 is 5.84 Å². The van der Waals surface area contributed by atoms with Gasteiger partial charge in [-0.3, -0.25) is 9.80 Å². The lowest BCUT2D eigenvalue weighted by atomic mass is 9.59. The number of nitrogens with two attached hydrogens (primary N) is 1. The molecule has 0 aliphatic carbocycles. The van der Waals surface area contributed by atoms with Crippen LogP contribution in [0.25, 0.3) is 0 Å². The van der Waals surface area contributed by atoms with Crippen molar-refractivity contribution < 1.29 is 0 Å². The van der Waals surface area contributed by atoms with Crippen LogP contribution >= 0.6 is 0 Å². The van der Waals surface area contributed by atoms with Crippen LogP contribution in [0.2, 0.25) is 0 Å². The zero-order valence-corrected chi connectivity index (χ0v) is 11.3. The summed E-state index contributed by atoms with van der Waals surface area (Å²) in [5, 5.41) is 4.27. The van der Waals surface area contributed by atoms with E-state index < -0.39 is 0 Å². The van der Waals surface area contributed by atoms with Gasteiger partial charge in [0.25, 0.3) is 0 Å². The van der Waals surface area contributed by atoms with Crippen molar-refractivity contribution in [3.8, 4) is 0 Å². The Hall–Kier alpha value is -1.39. The quantitative estimate of drug-likeness (QED) is 0.598. The summed E-state index contributed by atoms with van der Waals surface area (Å²) in [5.41, 5.74) is 2.68. The summed E-state index contributed by atoms with van der Waals surface area (Å²) in [6.45, 7) is 7.70. The fourth-order valence-corrected chi connectivity index (χ4v) is 4.68. The fourth-order valence-electron chi connectivity index (χ4n) is 4.68. The van der Waals surface area contributed by atoms with E-state index >= 15 is 0 Å². The smallest absolute Gasteiger partial charge is 0.0614 e. The van der Waals surface area contributed by atoms with Gasteiger partial charge in [0, 0.05) is 31.6 Å². The number of hydrogen-bond donors (Lipinski definition) is 1. The Bertz CT molecular complexity index is 522.